The molecule has 0 aliphatic heterocycles. The van der Waals surface area contributed by atoms with E-state index in [2.05, 4.69) is 0 Å². The Bertz CT molecular complexity index is 839. The molecule has 2 aromatic rings. The maximum atomic E-state index is 12.9. The van der Waals surface area contributed by atoms with E-state index in [9.17, 15) is 13.2 Å². The number of aryl methyl sites for hydroxylation is 1. The fourth-order valence-electron chi connectivity index (χ4n) is 2.65. The highest BCUT2D eigenvalue weighted by atomic mass is 35.5. The first-order chi connectivity index (χ1) is 11.8. The Labute approximate surface area is 161 Å². The maximum absolute atomic E-state index is 12.9. The summed E-state index contributed by atoms with van der Waals surface area (Å²) < 4.78 is 23.8. The Morgan fingerprint density at radius 1 is 1.12 bits per heavy atom. The lowest BCUT2D eigenvalue weighted by Crippen LogP contribution is -2.32. The first-order valence-corrected chi connectivity index (χ1v) is 10.1. The summed E-state index contributed by atoms with van der Waals surface area (Å²) in [5.41, 5.74) is 7.62. The van der Waals surface area contributed by atoms with E-state index in [0.717, 1.165) is 11.8 Å². The third kappa shape index (κ3) is 5.83. The molecule has 0 radical (unpaired) electrons. The van der Waals surface area contributed by atoms with Gasteiger partial charge in [0.15, 0.2) is 9.84 Å². The summed E-state index contributed by atoms with van der Waals surface area (Å²) in [7, 11) is -3.38. The summed E-state index contributed by atoms with van der Waals surface area (Å²) in [5.74, 6) is -0.192. The van der Waals surface area contributed by atoms with Gasteiger partial charge in [0.25, 0.3) is 5.91 Å². The predicted octanol–water partition coefficient (Wildman–Crippen LogP) is 2.81. The molecule has 0 unspecified atom stereocenters. The number of carbonyl (C=O) groups excluding carboxylic acids is 1. The molecule has 0 aromatic heterocycles. The zero-order valence-electron chi connectivity index (χ0n) is 15.0. The Balaban J connectivity index is 0.00000338. The summed E-state index contributed by atoms with van der Waals surface area (Å²) in [4.78, 5) is 14.8. The predicted molar refractivity (Wildman–Crippen MR) is 106 cm³/mol. The van der Waals surface area contributed by atoms with Crippen LogP contribution in [0.25, 0.3) is 0 Å². The van der Waals surface area contributed by atoms with Gasteiger partial charge in [-0.3, -0.25) is 4.79 Å². The second-order valence-corrected chi connectivity index (χ2v) is 8.09. The van der Waals surface area contributed by atoms with Crippen LogP contribution in [0, 0.1) is 6.92 Å². The quantitative estimate of drug-likeness (QED) is 0.780. The zero-order valence-corrected chi connectivity index (χ0v) is 16.6. The van der Waals surface area contributed by atoms with Crippen LogP contribution in [-0.4, -0.2) is 38.6 Å². The highest BCUT2D eigenvalue weighted by Gasteiger charge is 2.19. The van der Waals surface area contributed by atoms with Crippen molar-refractivity contribution in [1.29, 1.82) is 0 Å². The highest BCUT2D eigenvalue weighted by molar-refractivity contribution is 7.90. The lowest BCUT2D eigenvalue weighted by Gasteiger charge is -2.23. The fourth-order valence-corrected chi connectivity index (χ4v) is 3.65. The molecular formula is C19H25ClN2O3S. The highest BCUT2D eigenvalue weighted by Crippen LogP contribution is 2.19. The molecule has 2 N–H and O–H groups in total. The molecule has 0 bridgehead atoms. The second kappa shape index (κ2) is 9.71. The molecule has 5 nitrogen and oxygen atoms in total. The molecule has 2 rings (SSSR count). The van der Waals surface area contributed by atoms with Gasteiger partial charge < -0.3 is 10.6 Å². The Morgan fingerprint density at radius 3 is 2.35 bits per heavy atom. The Kier molecular flexibility index (Phi) is 8.27. The number of sulfone groups is 1. The van der Waals surface area contributed by atoms with Crippen molar-refractivity contribution in [2.24, 2.45) is 5.73 Å². The first kappa shape index (κ1) is 22.2. The largest absolute Gasteiger partial charge is 0.334 e. The molecular weight excluding hydrogens is 372 g/mol. The molecule has 142 valence electrons. The van der Waals surface area contributed by atoms with Crippen molar-refractivity contribution >= 4 is 28.2 Å². The lowest BCUT2D eigenvalue weighted by atomic mass is 10.1. The van der Waals surface area contributed by atoms with E-state index in [-0.39, 0.29) is 23.2 Å². The van der Waals surface area contributed by atoms with Crippen LogP contribution < -0.4 is 5.73 Å². The maximum Gasteiger partial charge on any atom is 0.254 e. The monoisotopic (exact) mass is 396 g/mol. The van der Waals surface area contributed by atoms with Crippen molar-refractivity contribution in [1.82, 2.24) is 4.90 Å². The van der Waals surface area contributed by atoms with Crippen molar-refractivity contribution < 1.29 is 13.2 Å². The van der Waals surface area contributed by atoms with Gasteiger partial charge in [0, 0.05) is 24.9 Å². The molecule has 0 saturated carbocycles. The third-order valence-electron chi connectivity index (χ3n) is 3.97. The second-order valence-electron chi connectivity index (χ2n) is 6.11. The van der Waals surface area contributed by atoms with Gasteiger partial charge in [-0.2, -0.15) is 0 Å². The van der Waals surface area contributed by atoms with E-state index in [1.54, 1.807) is 24.0 Å². The third-order valence-corrected chi connectivity index (χ3v) is 5.21. The van der Waals surface area contributed by atoms with Crippen LogP contribution in [0.15, 0.2) is 53.4 Å². The average Bonchev–Trinajstić information content (AvgIpc) is 2.58. The lowest BCUT2D eigenvalue weighted by molar-refractivity contribution is 0.0742. The standard InChI is InChI=1S/C19H24N2O3S.ClH/c1-15-9-10-17(13-18(15)25(2,23)24)19(22)21(12-6-11-20)14-16-7-4-3-5-8-16;/h3-5,7-10,13H,6,11-12,14,20H2,1-2H3;1H. The van der Waals surface area contributed by atoms with Crippen molar-refractivity contribution in [2.75, 3.05) is 19.3 Å². The number of rotatable bonds is 7. The van der Waals surface area contributed by atoms with E-state index in [4.69, 9.17) is 5.73 Å². The van der Waals surface area contributed by atoms with Crippen molar-refractivity contribution in [2.45, 2.75) is 24.8 Å². The van der Waals surface area contributed by atoms with Crippen molar-refractivity contribution in [3.63, 3.8) is 0 Å². The molecule has 1 amide bonds. The van der Waals surface area contributed by atoms with Crippen molar-refractivity contribution in [3.05, 3.63) is 65.2 Å². The van der Waals surface area contributed by atoms with E-state index >= 15 is 0 Å². The minimum atomic E-state index is -3.38. The van der Waals surface area contributed by atoms with Crippen LogP contribution in [0.4, 0.5) is 0 Å². The summed E-state index contributed by atoms with van der Waals surface area (Å²) in [5, 5.41) is 0. The number of benzene rings is 2. The molecule has 0 spiro atoms. The first-order valence-electron chi connectivity index (χ1n) is 8.17. The summed E-state index contributed by atoms with van der Waals surface area (Å²) in [6.45, 7) is 3.19. The minimum absolute atomic E-state index is 0. The average molecular weight is 397 g/mol. The van der Waals surface area contributed by atoms with Crippen LogP contribution in [0.1, 0.15) is 27.9 Å². The Hall–Kier alpha value is -1.89. The number of hydrogen-bond donors (Lipinski definition) is 1. The topological polar surface area (TPSA) is 80.5 Å². The summed E-state index contributed by atoms with van der Waals surface area (Å²) >= 11 is 0. The molecule has 0 aliphatic carbocycles. The van der Waals surface area contributed by atoms with Gasteiger partial charge in [-0.05, 0) is 43.1 Å². The molecule has 0 heterocycles. The summed E-state index contributed by atoms with van der Waals surface area (Å²) in [6, 6.07) is 14.5. The van der Waals surface area contributed by atoms with Gasteiger partial charge in [0.05, 0.1) is 4.90 Å². The molecule has 26 heavy (non-hydrogen) atoms. The summed E-state index contributed by atoms with van der Waals surface area (Å²) in [6.07, 6.45) is 1.84. The smallest absolute Gasteiger partial charge is 0.254 e. The number of halogens is 1. The molecule has 7 heteroatoms. The number of hydrogen-bond acceptors (Lipinski definition) is 4. The van der Waals surface area contributed by atoms with E-state index in [0.29, 0.717) is 37.2 Å². The van der Waals surface area contributed by atoms with E-state index in [1.807, 2.05) is 30.3 Å². The Morgan fingerprint density at radius 2 is 1.77 bits per heavy atom. The van der Waals surface area contributed by atoms with Gasteiger partial charge in [0.1, 0.15) is 0 Å². The van der Waals surface area contributed by atoms with Gasteiger partial charge in [-0.15, -0.1) is 12.4 Å². The van der Waals surface area contributed by atoms with Gasteiger partial charge in [0.2, 0.25) is 0 Å². The molecule has 0 aliphatic rings. The van der Waals surface area contributed by atoms with E-state index < -0.39 is 9.84 Å². The molecule has 2 aromatic carbocycles. The van der Waals surface area contributed by atoms with Gasteiger partial charge in [-0.25, -0.2) is 8.42 Å². The zero-order chi connectivity index (χ0) is 18.4. The normalized spacial score (nSPS) is 10.9. The number of carbonyl (C=O) groups is 1. The molecule has 0 fully saturated rings. The van der Waals surface area contributed by atoms with Crippen LogP contribution in [0.5, 0.6) is 0 Å². The van der Waals surface area contributed by atoms with Crippen molar-refractivity contribution in [3.8, 4) is 0 Å². The molecule has 0 atom stereocenters. The number of nitrogens with two attached hydrogens (primary N) is 1. The molecule has 0 saturated heterocycles. The van der Waals surface area contributed by atoms with Crippen LogP contribution >= 0.6 is 12.4 Å². The van der Waals surface area contributed by atoms with Gasteiger partial charge >= 0.3 is 0 Å². The minimum Gasteiger partial charge on any atom is -0.334 e. The fraction of sp³-hybridized carbons (Fsp3) is 0.316. The van der Waals surface area contributed by atoms with E-state index in [1.165, 1.54) is 6.07 Å². The number of nitrogens with zero attached hydrogens (tertiary/aromatic N) is 1. The van der Waals surface area contributed by atoms with Gasteiger partial charge in [-0.1, -0.05) is 36.4 Å². The number of amides is 1. The van der Waals surface area contributed by atoms with Crippen LogP contribution in [0.3, 0.4) is 0 Å². The van der Waals surface area contributed by atoms with Crippen LogP contribution in [-0.2, 0) is 16.4 Å². The van der Waals surface area contributed by atoms with Crippen LogP contribution in [0.2, 0.25) is 0 Å². The SMILES string of the molecule is Cc1ccc(C(=O)N(CCCN)Cc2ccccc2)cc1S(C)(=O)=O.Cl.